The number of benzene rings is 1. The molecular weight excluding hydrogens is 346 g/mol. The van der Waals surface area contributed by atoms with E-state index in [4.69, 9.17) is 15.2 Å². The van der Waals surface area contributed by atoms with Crippen LogP contribution < -0.4 is 15.5 Å². The van der Waals surface area contributed by atoms with Gasteiger partial charge in [0.15, 0.2) is 0 Å². The van der Waals surface area contributed by atoms with Crippen molar-refractivity contribution in [3.8, 4) is 0 Å². The molecule has 2 aliphatic rings. The SMILES string of the molecule is CC.CCl.NCC1CN(c2ccc(N3CCOCC3=O)cc2)C(=O)O1. The number of carbonyl (C=O) groups is 2. The van der Waals surface area contributed by atoms with Gasteiger partial charge in [0.05, 0.1) is 13.2 Å². The van der Waals surface area contributed by atoms with Crippen molar-refractivity contribution in [2.45, 2.75) is 20.0 Å². The van der Waals surface area contributed by atoms with Gasteiger partial charge in [-0.15, -0.1) is 11.6 Å². The first kappa shape index (κ1) is 21.2. The van der Waals surface area contributed by atoms with Gasteiger partial charge in [-0.3, -0.25) is 9.69 Å². The summed E-state index contributed by atoms with van der Waals surface area (Å²) in [5, 5.41) is 0. The number of nitrogens with two attached hydrogens (primary N) is 1. The number of rotatable bonds is 3. The van der Waals surface area contributed by atoms with Gasteiger partial charge in [0.25, 0.3) is 5.91 Å². The first-order chi connectivity index (χ1) is 12.2. The van der Waals surface area contributed by atoms with Crippen LogP contribution in [0.3, 0.4) is 0 Å². The van der Waals surface area contributed by atoms with Crippen molar-refractivity contribution in [1.29, 1.82) is 0 Å². The van der Waals surface area contributed by atoms with Crippen molar-refractivity contribution in [3.63, 3.8) is 0 Å². The number of anilines is 2. The molecule has 1 aromatic rings. The van der Waals surface area contributed by atoms with Gasteiger partial charge in [0, 0.05) is 30.8 Å². The fraction of sp³-hybridized carbons (Fsp3) is 0.529. The van der Waals surface area contributed by atoms with E-state index in [1.54, 1.807) is 21.9 Å². The number of hydrogen-bond donors (Lipinski definition) is 1. The van der Waals surface area contributed by atoms with Gasteiger partial charge in [-0.1, -0.05) is 13.8 Å². The van der Waals surface area contributed by atoms with Gasteiger partial charge in [-0.05, 0) is 24.3 Å². The molecule has 25 heavy (non-hydrogen) atoms. The maximum atomic E-state index is 11.8. The summed E-state index contributed by atoms with van der Waals surface area (Å²) in [4.78, 5) is 26.7. The van der Waals surface area contributed by atoms with Gasteiger partial charge < -0.3 is 20.1 Å². The summed E-state index contributed by atoms with van der Waals surface area (Å²) >= 11 is 4.64. The van der Waals surface area contributed by atoms with Crippen molar-refractivity contribution >= 4 is 35.0 Å². The number of morpholine rings is 1. The highest BCUT2D eigenvalue weighted by atomic mass is 35.5. The molecule has 2 saturated heterocycles. The minimum atomic E-state index is -0.388. The van der Waals surface area contributed by atoms with Crippen molar-refractivity contribution in [2.75, 3.05) is 49.0 Å². The van der Waals surface area contributed by atoms with E-state index in [-0.39, 0.29) is 24.7 Å². The van der Waals surface area contributed by atoms with Crippen molar-refractivity contribution in [1.82, 2.24) is 0 Å². The number of nitrogens with zero attached hydrogens (tertiary/aromatic N) is 2. The van der Waals surface area contributed by atoms with Crippen molar-refractivity contribution < 1.29 is 19.1 Å². The molecule has 2 fully saturated rings. The second kappa shape index (κ2) is 10.9. The highest BCUT2D eigenvalue weighted by Crippen LogP contribution is 2.25. The molecule has 0 bridgehead atoms. The molecule has 0 saturated carbocycles. The molecule has 1 aromatic carbocycles. The van der Waals surface area contributed by atoms with Crippen LogP contribution in [0.1, 0.15) is 13.8 Å². The lowest BCUT2D eigenvalue weighted by atomic mass is 10.2. The molecule has 2 amide bonds. The first-order valence-electron chi connectivity index (χ1n) is 8.23. The van der Waals surface area contributed by atoms with Gasteiger partial charge in [0.2, 0.25) is 0 Å². The molecule has 2 heterocycles. The number of carbonyl (C=O) groups excluding carboxylic acids is 2. The smallest absolute Gasteiger partial charge is 0.414 e. The van der Waals surface area contributed by atoms with Gasteiger partial charge in [-0.2, -0.15) is 0 Å². The quantitative estimate of drug-likeness (QED) is 0.823. The van der Waals surface area contributed by atoms with Crippen LogP contribution in [0.2, 0.25) is 0 Å². The van der Waals surface area contributed by atoms with Crippen molar-refractivity contribution in [2.24, 2.45) is 5.73 Å². The lowest BCUT2D eigenvalue weighted by molar-refractivity contribution is -0.125. The Balaban J connectivity index is 0.000000730. The van der Waals surface area contributed by atoms with Crippen LogP contribution in [0, 0.1) is 0 Å². The molecule has 7 nitrogen and oxygen atoms in total. The zero-order valence-electron chi connectivity index (χ0n) is 14.9. The Morgan fingerprint density at radius 1 is 1.12 bits per heavy atom. The lowest BCUT2D eigenvalue weighted by Crippen LogP contribution is -2.41. The van der Waals surface area contributed by atoms with E-state index in [0.717, 1.165) is 11.4 Å². The Hall–Kier alpha value is -1.83. The van der Waals surface area contributed by atoms with E-state index >= 15 is 0 Å². The largest absolute Gasteiger partial charge is 0.443 e. The molecule has 3 rings (SSSR count). The Labute approximate surface area is 153 Å². The van der Waals surface area contributed by atoms with Gasteiger partial charge >= 0.3 is 6.09 Å². The van der Waals surface area contributed by atoms with E-state index in [1.165, 1.54) is 6.38 Å². The summed E-state index contributed by atoms with van der Waals surface area (Å²) in [6, 6.07) is 7.25. The fourth-order valence-corrected chi connectivity index (χ4v) is 2.46. The van der Waals surface area contributed by atoms with Gasteiger partial charge in [-0.25, -0.2) is 4.79 Å². The average Bonchev–Trinajstić information content (AvgIpc) is 3.06. The van der Waals surface area contributed by atoms with E-state index in [2.05, 4.69) is 11.6 Å². The molecule has 1 atom stereocenters. The Kier molecular flexibility index (Phi) is 9.26. The molecule has 0 spiro atoms. The third-order valence-electron chi connectivity index (χ3n) is 3.60. The molecule has 0 aliphatic carbocycles. The van der Waals surface area contributed by atoms with Crippen LogP contribution in [0.5, 0.6) is 0 Å². The third-order valence-corrected chi connectivity index (χ3v) is 3.60. The predicted octanol–water partition coefficient (Wildman–Crippen LogP) is 2.21. The van der Waals surface area contributed by atoms with Crippen LogP contribution in [0.4, 0.5) is 16.2 Å². The highest BCUT2D eigenvalue weighted by molar-refractivity contribution is 6.15. The van der Waals surface area contributed by atoms with E-state index in [9.17, 15) is 9.59 Å². The standard InChI is InChI=1S/C14H17N3O4.C2H6.CH3Cl/c15-7-12-8-17(14(19)21-12)11-3-1-10(2-4-11)16-5-6-20-9-13(16)18;2*1-2/h1-4,12H,5-9,15H2;1-2H3;1H3. The van der Waals surface area contributed by atoms with Crippen LogP contribution >= 0.6 is 11.6 Å². The molecule has 2 aliphatic heterocycles. The lowest BCUT2D eigenvalue weighted by Gasteiger charge is -2.27. The predicted molar refractivity (Wildman–Crippen MR) is 99.4 cm³/mol. The third kappa shape index (κ3) is 5.32. The molecule has 1 unspecified atom stereocenters. The number of halogens is 1. The van der Waals surface area contributed by atoms with Crippen molar-refractivity contribution in [3.05, 3.63) is 24.3 Å². The Morgan fingerprint density at radius 2 is 1.68 bits per heavy atom. The maximum absolute atomic E-state index is 11.8. The molecular formula is C17H26ClN3O4. The number of ether oxygens (including phenoxy) is 2. The number of amides is 2. The second-order valence-electron chi connectivity index (χ2n) is 4.97. The summed E-state index contributed by atoms with van der Waals surface area (Å²) in [6.07, 6.45) is 0.818. The summed E-state index contributed by atoms with van der Waals surface area (Å²) in [6.45, 7) is 5.94. The van der Waals surface area contributed by atoms with Gasteiger partial charge in [0.1, 0.15) is 12.7 Å². The minimum absolute atomic E-state index is 0.0576. The Bertz CT molecular complexity index is 553. The van der Waals surface area contributed by atoms with Crippen LogP contribution in [0.15, 0.2) is 24.3 Å². The van der Waals surface area contributed by atoms with E-state index in [1.807, 2.05) is 26.0 Å². The molecule has 8 heteroatoms. The Morgan fingerprint density at radius 3 is 2.16 bits per heavy atom. The van der Waals surface area contributed by atoms with Crippen LogP contribution in [0.25, 0.3) is 0 Å². The molecule has 0 aromatic heterocycles. The minimum Gasteiger partial charge on any atom is -0.443 e. The van der Waals surface area contributed by atoms with E-state index < -0.39 is 0 Å². The normalized spacial score (nSPS) is 19.5. The van der Waals surface area contributed by atoms with Crippen LogP contribution in [-0.4, -0.2) is 57.3 Å². The summed E-state index contributed by atoms with van der Waals surface area (Å²) in [7, 11) is 0. The second-order valence-corrected chi connectivity index (χ2v) is 4.97. The zero-order chi connectivity index (χ0) is 18.8. The molecule has 0 radical (unpaired) electrons. The summed E-state index contributed by atoms with van der Waals surface area (Å²) < 4.78 is 10.2. The number of hydrogen-bond acceptors (Lipinski definition) is 5. The maximum Gasteiger partial charge on any atom is 0.414 e. The molecule has 2 N–H and O–H groups in total. The van der Waals surface area contributed by atoms with Crippen LogP contribution in [-0.2, 0) is 14.3 Å². The summed E-state index contributed by atoms with van der Waals surface area (Å²) in [5.41, 5.74) is 7.05. The topological polar surface area (TPSA) is 85.1 Å². The first-order valence-corrected chi connectivity index (χ1v) is 8.99. The zero-order valence-corrected chi connectivity index (χ0v) is 15.7. The summed E-state index contributed by atoms with van der Waals surface area (Å²) in [5.74, 6) is -0.0576. The monoisotopic (exact) mass is 371 g/mol. The highest BCUT2D eigenvalue weighted by Gasteiger charge is 2.31. The molecule has 140 valence electrons. The van der Waals surface area contributed by atoms with E-state index in [0.29, 0.717) is 26.2 Å². The number of cyclic esters (lactones) is 1. The fourth-order valence-electron chi connectivity index (χ4n) is 2.46. The average molecular weight is 372 g/mol. The number of alkyl halides is 1.